The molecular formula is C13H16BrN3O3. The molecule has 2 rings (SSSR count). The molecular weight excluding hydrogens is 326 g/mol. The smallest absolute Gasteiger partial charge is 0.319 e. The number of rotatable bonds is 4. The number of nitrogens with one attached hydrogen (secondary N) is 2. The van der Waals surface area contributed by atoms with Crippen molar-refractivity contribution < 1.29 is 14.3 Å². The van der Waals surface area contributed by atoms with Crippen LogP contribution in [0.2, 0.25) is 0 Å². The SMILES string of the molecule is COC1CN(C(=O)CNC(=O)Nc2ccc(Br)cc2)C1. The molecule has 0 aromatic heterocycles. The third kappa shape index (κ3) is 3.94. The summed E-state index contributed by atoms with van der Waals surface area (Å²) in [4.78, 5) is 25.0. The maximum absolute atomic E-state index is 11.7. The number of halogens is 1. The largest absolute Gasteiger partial charge is 0.378 e. The molecule has 0 spiro atoms. The Hall–Kier alpha value is -1.60. The van der Waals surface area contributed by atoms with Gasteiger partial charge in [0, 0.05) is 30.4 Å². The van der Waals surface area contributed by atoms with E-state index in [1.54, 1.807) is 24.1 Å². The lowest BCUT2D eigenvalue weighted by Crippen LogP contribution is -2.56. The topological polar surface area (TPSA) is 70.7 Å². The molecule has 0 bridgehead atoms. The lowest BCUT2D eigenvalue weighted by molar-refractivity contribution is -0.141. The van der Waals surface area contributed by atoms with Crippen LogP contribution < -0.4 is 10.6 Å². The van der Waals surface area contributed by atoms with Crippen LogP contribution >= 0.6 is 15.9 Å². The van der Waals surface area contributed by atoms with Crippen molar-refractivity contribution in [2.45, 2.75) is 6.10 Å². The quantitative estimate of drug-likeness (QED) is 0.870. The number of likely N-dealkylation sites (tertiary alicyclic amines) is 1. The molecule has 1 heterocycles. The van der Waals surface area contributed by atoms with Gasteiger partial charge in [0.1, 0.15) is 0 Å². The van der Waals surface area contributed by atoms with Crippen molar-refractivity contribution in [3.8, 4) is 0 Å². The van der Waals surface area contributed by atoms with E-state index in [-0.39, 0.29) is 18.6 Å². The Morgan fingerprint density at radius 3 is 2.60 bits per heavy atom. The van der Waals surface area contributed by atoms with Gasteiger partial charge in [0.05, 0.1) is 12.6 Å². The summed E-state index contributed by atoms with van der Waals surface area (Å²) < 4.78 is 6.02. The van der Waals surface area contributed by atoms with Gasteiger partial charge in [-0.1, -0.05) is 15.9 Å². The summed E-state index contributed by atoms with van der Waals surface area (Å²) in [6, 6.07) is 6.79. The van der Waals surface area contributed by atoms with Crippen LogP contribution in [-0.4, -0.2) is 49.7 Å². The van der Waals surface area contributed by atoms with Crippen LogP contribution in [0.15, 0.2) is 28.7 Å². The standard InChI is InChI=1S/C13H16BrN3O3/c1-20-11-7-17(8-11)12(18)6-15-13(19)16-10-4-2-9(14)3-5-10/h2-5,11H,6-8H2,1H3,(H2,15,16,19). The molecule has 20 heavy (non-hydrogen) atoms. The Morgan fingerprint density at radius 1 is 1.35 bits per heavy atom. The van der Waals surface area contributed by atoms with E-state index in [9.17, 15) is 9.59 Å². The minimum atomic E-state index is -0.399. The van der Waals surface area contributed by atoms with E-state index in [2.05, 4.69) is 26.6 Å². The molecule has 1 aromatic rings. The van der Waals surface area contributed by atoms with Gasteiger partial charge in [0.15, 0.2) is 0 Å². The monoisotopic (exact) mass is 341 g/mol. The van der Waals surface area contributed by atoms with Gasteiger partial charge in [0.25, 0.3) is 0 Å². The summed E-state index contributed by atoms with van der Waals surface area (Å²) in [5.41, 5.74) is 0.668. The van der Waals surface area contributed by atoms with Gasteiger partial charge in [-0.2, -0.15) is 0 Å². The highest BCUT2D eigenvalue weighted by atomic mass is 79.9. The van der Waals surface area contributed by atoms with Crippen molar-refractivity contribution in [2.24, 2.45) is 0 Å². The Bertz CT molecular complexity index is 486. The molecule has 6 nitrogen and oxygen atoms in total. The van der Waals surface area contributed by atoms with Crippen LogP contribution in [0, 0.1) is 0 Å². The van der Waals surface area contributed by atoms with Crippen LogP contribution in [0.3, 0.4) is 0 Å². The molecule has 1 aliphatic rings. The number of hydrogen-bond donors (Lipinski definition) is 2. The van der Waals surface area contributed by atoms with Crippen molar-refractivity contribution in [3.05, 3.63) is 28.7 Å². The first kappa shape index (κ1) is 14.8. The van der Waals surface area contributed by atoms with Gasteiger partial charge < -0.3 is 20.3 Å². The molecule has 1 saturated heterocycles. The first-order valence-electron chi connectivity index (χ1n) is 6.19. The molecule has 0 atom stereocenters. The van der Waals surface area contributed by atoms with Crippen LogP contribution in [0.5, 0.6) is 0 Å². The second-order valence-electron chi connectivity index (χ2n) is 4.47. The highest BCUT2D eigenvalue weighted by molar-refractivity contribution is 9.10. The van der Waals surface area contributed by atoms with Crippen molar-refractivity contribution in [1.82, 2.24) is 10.2 Å². The number of nitrogens with zero attached hydrogens (tertiary/aromatic N) is 1. The van der Waals surface area contributed by atoms with Gasteiger partial charge in [-0.25, -0.2) is 4.79 Å². The summed E-state index contributed by atoms with van der Waals surface area (Å²) in [6.07, 6.45) is 0.121. The number of anilines is 1. The fraction of sp³-hybridized carbons (Fsp3) is 0.385. The van der Waals surface area contributed by atoms with E-state index in [0.29, 0.717) is 18.8 Å². The van der Waals surface area contributed by atoms with E-state index >= 15 is 0 Å². The average Bonchev–Trinajstić information content (AvgIpc) is 2.38. The van der Waals surface area contributed by atoms with E-state index in [0.717, 1.165) is 4.47 Å². The van der Waals surface area contributed by atoms with E-state index < -0.39 is 6.03 Å². The van der Waals surface area contributed by atoms with Crippen molar-refractivity contribution in [3.63, 3.8) is 0 Å². The lowest BCUT2D eigenvalue weighted by atomic mass is 10.1. The van der Waals surface area contributed by atoms with Gasteiger partial charge >= 0.3 is 6.03 Å². The highest BCUT2D eigenvalue weighted by Gasteiger charge is 2.30. The Morgan fingerprint density at radius 2 is 2.00 bits per heavy atom. The predicted molar refractivity (Wildman–Crippen MR) is 78.5 cm³/mol. The highest BCUT2D eigenvalue weighted by Crippen LogP contribution is 2.14. The minimum Gasteiger partial charge on any atom is -0.378 e. The summed E-state index contributed by atoms with van der Waals surface area (Å²) >= 11 is 3.31. The molecule has 7 heteroatoms. The molecule has 108 valence electrons. The average molecular weight is 342 g/mol. The number of hydrogen-bond acceptors (Lipinski definition) is 3. The number of carbonyl (C=O) groups excluding carboxylic acids is 2. The van der Waals surface area contributed by atoms with Crippen molar-refractivity contribution >= 4 is 33.6 Å². The zero-order valence-electron chi connectivity index (χ0n) is 11.1. The van der Waals surface area contributed by atoms with Crippen LogP contribution in [0.4, 0.5) is 10.5 Å². The fourth-order valence-corrected chi connectivity index (χ4v) is 2.03. The third-order valence-electron chi connectivity index (χ3n) is 3.04. The third-order valence-corrected chi connectivity index (χ3v) is 3.57. The first-order valence-corrected chi connectivity index (χ1v) is 6.99. The summed E-state index contributed by atoms with van der Waals surface area (Å²) in [6.45, 7) is 1.16. The van der Waals surface area contributed by atoms with E-state index in [1.807, 2.05) is 12.1 Å². The van der Waals surface area contributed by atoms with Crippen molar-refractivity contribution in [2.75, 3.05) is 32.1 Å². The first-order chi connectivity index (χ1) is 9.58. The second-order valence-corrected chi connectivity index (χ2v) is 5.39. The molecule has 0 saturated carbocycles. The molecule has 2 N–H and O–H groups in total. The van der Waals surface area contributed by atoms with Crippen molar-refractivity contribution in [1.29, 1.82) is 0 Å². The van der Waals surface area contributed by atoms with Crippen LogP contribution in [0.1, 0.15) is 0 Å². The molecule has 1 aliphatic heterocycles. The number of urea groups is 1. The Labute approximate surface area is 125 Å². The summed E-state index contributed by atoms with van der Waals surface area (Å²) in [5.74, 6) is -0.107. The van der Waals surface area contributed by atoms with Gasteiger partial charge in [-0.15, -0.1) is 0 Å². The zero-order valence-corrected chi connectivity index (χ0v) is 12.6. The van der Waals surface area contributed by atoms with Crippen LogP contribution in [0.25, 0.3) is 0 Å². The normalized spacial score (nSPS) is 14.6. The number of methoxy groups -OCH3 is 1. The van der Waals surface area contributed by atoms with Gasteiger partial charge in [-0.3, -0.25) is 4.79 Å². The number of benzene rings is 1. The van der Waals surface area contributed by atoms with Gasteiger partial charge in [-0.05, 0) is 24.3 Å². The van der Waals surface area contributed by atoms with Gasteiger partial charge in [0.2, 0.25) is 5.91 Å². The Balaban J connectivity index is 1.70. The van der Waals surface area contributed by atoms with E-state index in [1.165, 1.54) is 0 Å². The fourth-order valence-electron chi connectivity index (χ4n) is 1.77. The number of carbonyl (C=O) groups is 2. The maximum atomic E-state index is 11.7. The molecule has 0 radical (unpaired) electrons. The minimum absolute atomic E-state index is 0.0151. The second kappa shape index (κ2) is 6.71. The van der Waals surface area contributed by atoms with E-state index in [4.69, 9.17) is 4.74 Å². The summed E-state index contributed by atoms with van der Waals surface area (Å²) in [5, 5.41) is 5.19. The number of ether oxygens (including phenoxy) is 1. The molecule has 1 aromatic carbocycles. The lowest BCUT2D eigenvalue weighted by Gasteiger charge is -2.38. The zero-order chi connectivity index (χ0) is 14.5. The maximum Gasteiger partial charge on any atom is 0.319 e. The number of amides is 3. The molecule has 1 fully saturated rings. The molecule has 0 unspecified atom stereocenters. The summed E-state index contributed by atoms with van der Waals surface area (Å²) in [7, 11) is 1.62. The Kier molecular flexibility index (Phi) is 4.97. The predicted octanol–water partition coefficient (Wildman–Crippen LogP) is 1.43. The molecule has 3 amide bonds. The molecule has 0 aliphatic carbocycles. The van der Waals surface area contributed by atoms with Crippen LogP contribution in [-0.2, 0) is 9.53 Å².